The molecule has 3 aromatic carbocycles. The second kappa shape index (κ2) is 7.32. The lowest BCUT2D eigenvalue weighted by atomic mass is 9.99. The molecule has 3 aromatic rings. The molecular weight excluding hydrogens is 282 g/mol. The van der Waals surface area contributed by atoms with Gasteiger partial charge >= 0.3 is 0 Å². The van der Waals surface area contributed by atoms with Gasteiger partial charge in [0, 0.05) is 5.56 Å². The van der Waals surface area contributed by atoms with E-state index in [2.05, 4.69) is 4.99 Å². The van der Waals surface area contributed by atoms with Gasteiger partial charge in [0.1, 0.15) is 6.04 Å². The van der Waals surface area contributed by atoms with Gasteiger partial charge in [-0.2, -0.15) is 0 Å². The molecule has 3 rings (SSSR count). The number of hydrogen-bond donors (Lipinski definition) is 0. The fourth-order valence-electron chi connectivity index (χ4n) is 2.45. The Hall–Kier alpha value is -3.00. The van der Waals surface area contributed by atoms with Crippen molar-refractivity contribution in [2.45, 2.75) is 6.04 Å². The van der Waals surface area contributed by atoms with E-state index in [9.17, 15) is 4.79 Å². The standard InChI is InChI=1S/C21H17NO/c23-20(17-10-4-1-5-11-17)16-22-21(18-12-6-2-7-13-18)19-14-8-3-9-15-19/h1-16,21H. The quantitative estimate of drug-likeness (QED) is 0.494. The smallest absolute Gasteiger partial charge is 0.203 e. The molecule has 23 heavy (non-hydrogen) atoms. The number of hydrogen-bond acceptors (Lipinski definition) is 2. The molecule has 112 valence electrons. The molecule has 2 nitrogen and oxygen atoms in total. The van der Waals surface area contributed by atoms with Crippen LogP contribution in [0.5, 0.6) is 0 Å². The number of aliphatic imine (C=N–C) groups is 1. The maximum atomic E-state index is 12.3. The van der Waals surface area contributed by atoms with E-state index >= 15 is 0 Å². The third-order valence-corrected chi connectivity index (χ3v) is 3.63. The van der Waals surface area contributed by atoms with Crippen molar-refractivity contribution in [2.24, 2.45) is 4.99 Å². The molecular formula is C21H17NO. The van der Waals surface area contributed by atoms with Crippen LogP contribution in [0.4, 0.5) is 0 Å². The zero-order valence-electron chi connectivity index (χ0n) is 12.7. The summed E-state index contributed by atoms with van der Waals surface area (Å²) in [6.07, 6.45) is 1.43. The number of carbonyl (C=O) groups excluding carboxylic acids is 1. The number of nitrogens with zero attached hydrogens (tertiary/aromatic N) is 1. The van der Waals surface area contributed by atoms with Crippen LogP contribution in [0.15, 0.2) is 96.0 Å². The minimum absolute atomic E-state index is 0.0811. The molecule has 0 aliphatic rings. The van der Waals surface area contributed by atoms with Crippen LogP contribution >= 0.6 is 0 Å². The highest BCUT2D eigenvalue weighted by molar-refractivity contribution is 6.35. The Labute approximate surface area is 136 Å². The minimum atomic E-state index is -0.176. The van der Waals surface area contributed by atoms with Gasteiger partial charge in [-0.1, -0.05) is 91.0 Å². The summed E-state index contributed by atoms with van der Waals surface area (Å²) in [5, 5.41) is 0. The van der Waals surface area contributed by atoms with Crippen LogP contribution < -0.4 is 0 Å². The summed E-state index contributed by atoms with van der Waals surface area (Å²) in [4.78, 5) is 16.8. The van der Waals surface area contributed by atoms with Gasteiger partial charge in [0.2, 0.25) is 5.78 Å². The fraction of sp³-hybridized carbons (Fsp3) is 0.0476. The Balaban J connectivity index is 1.91. The van der Waals surface area contributed by atoms with Crippen molar-refractivity contribution >= 4 is 12.0 Å². The van der Waals surface area contributed by atoms with Crippen molar-refractivity contribution < 1.29 is 4.79 Å². The molecule has 0 radical (unpaired) electrons. The first-order chi connectivity index (χ1) is 11.3. The van der Waals surface area contributed by atoms with E-state index < -0.39 is 0 Å². The Morgan fingerprint density at radius 3 is 1.61 bits per heavy atom. The fourth-order valence-corrected chi connectivity index (χ4v) is 2.45. The van der Waals surface area contributed by atoms with Gasteiger partial charge in [0.25, 0.3) is 0 Å². The summed E-state index contributed by atoms with van der Waals surface area (Å²) in [5.74, 6) is -0.0811. The van der Waals surface area contributed by atoms with Gasteiger partial charge in [-0.05, 0) is 11.1 Å². The van der Waals surface area contributed by atoms with Crippen LogP contribution in [0.25, 0.3) is 0 Å². The van der Waals surface area contributed by atoms with Gasteiger partial charge in [-0.15, -0.1) is 0 Å². The van der Waals surface area contributed by atoms with Crippen molar-refractivity contribution in [2.75, 3.05) is 0 Å². The molecule has 0 bridgehead atoms. The van der Waals surface area contributed by atoms with Gasteiger partial charge in [0.15, 0.2) is 0 Å². The summed E-state index contributed by atoms with van der Waals surface area (Å²) in [6, 6.07) is 29.0. The summed E-state index contributed by atoms with van der Waals surface area (Å²) in [5.41, 5.74) is 2.78. The third-order valence-electron chi connectivity index (χ3n) is 3.63. The van der Waals surface area contributed by atoms with Crippen molar-refractivity contribution in [1.29, 1.82) is 0 Å². The second-order valence-electron chi connectivity index (χ2n) is 5.23. The van der Waals surface area contributed by atoms with Crippen LogP contribution in [0.2, 0.25) is 0 Å². The van der Waals surface area contributed by atoms with Crippen LogP contribution in [-0.2, 0) is 0 Å². The summed E-state index contributed by atoms with van der Waals surface area (Å²) in [7, 11) is 0. The monoisotopic (exact) mass is 299 g/mol. The molecule has 0 heterocycles. The molecule has 0 spiro atoms. The highest BCUT2D eigenvalue weighted by atomic mass is 16.1. The molecule has 0 fully saturated rings. The zero-order valence-corrected chi connectivity index (χ0v) is 12.7. The van der Waals surface area contributed by atoms with Crippen molar-refractivity contribution in [3.63, 3.8) is 0 Å². The predicted octanol–water partition coefficient (Wildman–Crippen LogP) is 4.73. The normalized spacial score (nSPS) is 11.0. The second-order valence-corrected chi connectivity index (χ2v) is 5.23. The number of carbonyl (C=O) groups is 1. The number of ketones is 1. The van der Waals surface area contributed by atoms with Crippen LogP contribution in [-0.4, -0.2) is 12.0 Å². The molecule has 0 saturated heterocycles. The highest BCUT2D eigenvalue weighted by Crippen LogP contribution is 2.25. The Bertz CT molecular complexity index is 740. The van der Waals surface area contributed by atoms with E-state index in [-0.39, 0.29) is 11.8 Å². The maximum Gasteiger partial charge on any atom is 0.203 e. The van der Waals surface area contributed by atoms with Crippen LogP contribution in [0.3, 0.4) is 0 Å². The lowest BCUT2D eigenvalue weighted by molar-refractivity contribution is 0.107. The van der Waals surface area contributed by atoms with Crippen molar-refractivity contribution in [3.05, 3.63) is 108 Å². The third kappa shape index (κ3) is 3.80. The van der Waals surface area contributed by atoms with E-state index in [0.29, 0.717) is 5.56 Å². The predicted molar refractivity (Wildman–Crippen MR) is 94.0 cm³/mol. The van der Waals surface area contributed by atoms with Crippen LogP contribution in [0.1, 0.15) is 27.5 Å². The van der Waals surface area contributed by atoms with Crippen molar-refractivity contribution in [3.8, 4) is 0 Å². The first kappa shape index (κ1) is 14.9. The van der Waals surface area contributed by atoms with Crippen LogP contribution in [0, 0.1) is 0 Å². The highest BCUT2D eigenvalue weighted by Gasteiger charge is 2.12. The SMILES string of the molecule is O=C(C=NC(c1ccccc1)c1ccccc1)c1ccccc1. The molecule has 0 aromatic heterocycles. The summed E-state index contributed by atoms with van der Waals surface area (Å²) in [6.45, 7) is 0. The lowest BCUT2D eigenvalue weighted by Crippen LogP contribution is -2.04. The van der Waals surface area contributed by atoms with Gasteiger partial charge < -0.3 is 0 Å². The molecule has 0 atom stereocenters. The number of Topliss-reactive ketones (excluding diaryl/α,β-unsaturated/α-hetero) is 1. The summed E-state index contributed by atoms with van der Waals surface area (Å²) >= 11 is 0. The topological polar surface area (TPSA) is 29.4 Å². The maximum absolute atomic E-state index is 12.3. The zero-order chi connectivity index (χ0) is 15.9. The van der Waals surface area contributed by atoms with E-state index in [1.165, 1.54) is 6.21 Å². The van der Waals surface area contributed by atoms with Gasteiger partial charge in [-0.3, -0.25) is 9.79 Å². The molecule has 0 amide bonds. The molecule has 2 heteroatoms. The Morgan fingerprint density at radius 1 is 0.696 bits per heavy atom. The summed E-state index contributed by atoms with van der Waals surface area (Å²) < 4.78 is 0. The van der Waals surface area contributed by atoms with Gasteiger partial charge in [-0.25, -0.2) is 0 Å². The van der Waals surface area contributed by atoms with E-state index in [0.717, 1.165) is 11.1 Å². The number of rotatable bonds is 5. The average molecular weight is 299 g/mol. The first-order valence-corrected chi connectivity index (χ1v) is 7.57. The van der Waals surface area contributed by atoms with E-state index in [1.54, 1.807) is 12.1 Å². The largest absolute Gasteiger partial charge is 0.288 e. The van der Waals surface area contributed by atoms with E-state index in [4.69, 9.17) is 0 Å². The Morgan fingerprint density at radius 2 is 1.13 bits per heavy atom. The Kier molecular flexibility index (Phi) is 4.75. The van der Waals surface area contributed by atoms with E-state index in [1.807, 2.05) is 78.9 Å². The molecule has 0 N–H and O–H groups in total. The lowest BCUT2D eigenvalue weighted by Gasteiger charge is -2.13. The molecule has 0 saturated carbocycles. The first-order valence-electron chi connectivity index (χ1n) is 7.57. The van der Waals surface area contributed by atoms with Gasteiger partial charge in [0.05, 0.1) is 6.21 Å². The molecule has 0 unspecified atom stereocenters. The molecule has 0 aliphatic carbocycles. The molecule has 0 aliphatic heterocycles. The van der Waals surface area contributed by atoms with Crippen molar-refractivity contribution in [1.82, 2.24) is 0 Å². The minimum Gasteiger partial charge on any atom is -0.288 e. The average Bonchev–Trinajstić information content (AvgIpc) is 2.64. The number of benzene rings is 3.